The zero-order chi connectivity index (χ0) is 16.9. The van der Waals surface area contributed by atoms with Gasteiger partial charge in [-0.25, -0.2) is 9.37 Å². The smallest absolute Gasteiger partial charge is 0.130 e. The first-order chi connectivity index (χ1) is 11.7. The number of rotatable bonds is 6. The summed E-state index contributed by atoms with van der Waals surface area (Å²) in [5.41, 5.74) is 2.19. The van der Waals surface area contributed by atoms with Crippen LogP contribution in [0.4, 0.5) is 4.39 Å². The molecule has 0 saturated heterocycles. The molecule has 1 N–H and O–H groups in total. The van der Waals surface area contributed by atoms with Crippen molar-refractivity contribution >= 4 is 11.8 Å². The second-order valence-corrected chi connectivity index (χ2v) is 6.49. The molecule has 1 heterocycles. The van der Waals surface area contributed by atoms with E-state index in [-0.39, 0.29) is 11.9 Å². The average molecular weight is 341 g/mol. The Labute approximate surface area is 145 Å². The molecule has 1 unspecified atom stereocenters. The standard InChI is InChI=1S/C19H20FN3S/c1-23-12-11-21-19(23)18(15-5-7-16(20)8-6-15)22-13-14-3-9-17(24-2)10-4-14/h3-12,18,22H,13H2,1-2H3. The van der Waals surface area contributed by atoms with Gasteiger partial charge in [0, 0.05) is 30.9 Å². The highest BCUT2D eigenvalue weighted by atomic mass is 32.2. The lowest BCUT2D eigenvalue weighted by molar-refractivity contribution is 0.555. The number of nitrogens with zero attached hydrogens (tertiary/aromatic N) is 2. The monoisotopic (exact) mass is 341 g/mol. The maximum atomic E-state index is 13.3. The molecule has 0 fully saturated rings. The van der Waals surface area contributed by atoms with E-state index in [1.165, 1.54) is 22.6 Å². The summed E-state index contributed by atoms with van der Waals surface area (Å²) in [6, 6.07) is 15.0. The third-order valence-electron chi connectivity index (χ3n) is 3.99. The Hall–Kier alpha value is -2.11. The summed E-state index contributed by atoms with van der Waals surface area (Å²) in [6.07, 6.45) is 5.76. The SMILES string of the molecule is CSc1ccc(CNC(c2ccc(F)cc2)c2nccn2C)cc1. The largest absolute Gasteiger partial charge is 0.336 e. The minimum atomic E-state index is -0.231. The molecule has 0 aliphatic carbocycles. The summed E-state index contributed by atoms with van der Waals surface area (Å²) in [4.78, 5) is 5.71. The first-order valence-corrected chi connectivity index (χ1v) is 8.99. The summed E-state index contributed by atoms with van der Waals surface area (Å²) < 4.78 is 15.2. The second-order valence-electron chi connectivity index (χ2n) is 5.61. The lowest BCUT2D eigenvalue weighted by Gasteiger charge is -2.19. The molecule has 3 aromatic rings. The van der Waals surface area contributed by atoms with Crippen molar-refractivity contribution in [1.82, 2.24) is 14.9 Å². The Morgan fingerprint density at radius 2 is 1.83 bits per heavy atom. The van der Waals surface area contributed by atoms with Crippen molar-refractivity contribution in [2.24, 2.45) is 7.05 Å². The number of hydrogen-bond donors (Lipinski definition) is 1. The highest BCUT2D eigenvalue weighted by Gasteiger charge is 2.17. The summed E-state index contributed by atoms with van der Waals surface area (Å²) in [6.45, 7) is 0.712. The Morgan fingerprint density at radius 1 is 1.12 bits per heavy atom. The number of halogens is 1. The van der Waals surface area contributed by atoms with Crippen molar-refractivity contribution in [3.63, 3.8) is 0 Å². The molecule has 0 saturated carbocycles. The minimum Gasteiger partial charge on any atom is -0.336 e. The van der Waals surface area contributed by atoms with E-state index in [0.717, 1.165) is 11.4 Å². The fraction of sp³-hybridized carbons (Fsp3) is 0.211. The van der Waals surface area contributed by atoms with Crippen LogP contribution in [0.3, 0.4) is 0 Å². The molecular formula is C19H20FN3S. The number of aromatic nitrogens is 2. The van der Waals surface area contributed by atoms with Gasteiger partial charge < -0.3 is 4.57 Å². The molecule has 1 atom stereocenters. The van der Waals surface area contributed by atoms with Crippen molar-refractivity contribution < 1.29 is 4.39 Å². The molecule has 2 aromatic carbocycles. The molecule has 0 spiro atoms. The van der Waals surface area contributed by atoms with E-state index in [0.29, 0.717) is 6.54 Å². The fourth-order valence-corrected chi connectivity index (χ4v) is 3.04. The van der Waals surface area contributed by atoms with Crippen LogP contribution in [0.1, 0.15) is 23.0 Å². The van der Waals surface area contributed by atoms with Gasteiger partial charge in [0.15, 0.2) is 0 Å². The van der Waals surface area contributed by atoms with Gasteiger partial charge in [0.05, 0.1) is 6.04 Å². The van der Waals surface area contributed by atoms with Crippen LogP contribution in [0.5, 0.6) is 0 Å². The summed E-state index contributed by atoms with van der Waals surface area (Å²) in [7, 11) is 1.97. The fourth-order valence-electron chi connectivity index (χ4n) is 2.63. The van der Waals surface area contributed by atoms with E-state index < -0.39 is 0 Å². The molecule has 0 aliphatic heterocycles. The van der Waals surface area contributed by atoms with Gasteiger partial charge in [0.1, 0.15) is 11.6 Å². The third kappa shape index (κ3) is 3.86. The minimum absolute atomic E-state index is 0.0918. The number of hydrogen-bond acceptors (Lipinski definition) is 3. The molecule has 24 heavy (non-hydrogen) atoms. The molecule has 3 nitrogen and oxygen atoms in total. The van der Waals surface area contributed by atoms with Crippen molar-refractivity contribution in [1.29, 1.82) is 0 Å². The highest BCUT2D eigenvalue weighted by molar-refractivity contribution is 7.98. The van der Waals surface area contributed by atoms with Gasteiger partial charge in [-0.15, -0.1) is 11.8 Å². The zero-order valence-corrected chi connectivity index (χ0v) is 14.6. The second kappa shape index (κ2) is 7.64. The quantitative estimate of drug-likeness (QED) is 0.683. The van der Waals surface area contributed by atoms with Gasteiger partial charge in [-0.3, -0.25) is 5.32 Å². The maximum absolute atomic E-state index is 13.3. The van der Waals surface area contributed by atoms with E-state index in [1.807, 2.05) is 17.8 Å². The normalized spacial score (nSPS) is 12.3. The van der Waals surface area contributed by atoms with Crippen molar-refractivity contribution in [2.45, 2.75) is 17.5 Å². The van der Waals surface area contributed by atoms with E-state index in [1.54, 1.807) is 30.1 Å². The van der Waals surface area contributed by atoms with Crippen LogP contribution in [-0.2, 0) is 13.6 Å². The molecule has 0 bridgehead atoms. The van der Waals surface area contributed by atoms with E-state index in [9.17, 15) is 4.39 Å². The van der Waals surface area contributed by atoms with Crippen LogP contribution < -0.4 is 5.32 Å². The Bertz CT molecular complexity index is 781. The molecule has 0 amide bonds. The number of imidazole rings is 1. The molecule has 1 aromatic heterocycles. The molecule has 124 valence electrons. The maximum Gasteiger partial charge on any atom is 0.130 e. The third-order valence-corrected chi connectivity index (χ3v) is 4.73. The first-order valence-electron chi connectivity index (χ1n) is 7.76. The van der Waals surface area contributed by atoms with Crippen LogP contribution in [-0.4, -0.2) is 15.8 Å². The zero-order valence-electron chi connectivity index (χ0n) is 13.7. The number of thioether (sulfide) groups is 1. The van der Waals surface area contributed by atoms with Crippen LogP contribution in [0.2, 0.25) is 0 Å². The lowest BCUT2D eigenvalue weighted by Crippen LogP contribution is -2.24. The Balaban J connectivity index is 1.82. The number of benzene rings is 2. The summed E-state index contributed by atoms with van der Waals surface area (Å²) in [5.74, 6) is 0.673. The van der Waals surface area contributed by atoms with Gasteiger partial charge in [-0.1, -0.05) is 24.3 Å². The lowest BCUT2D eigenvalue weighted by atomic mass is 10.1. The Morgan fingerprint density at radius 3 is 2.42 bits per heavy atom. The molecule has 3 rings (SSSR count). The predicted octanol–water partition coefficient (Wildman–Crippen LogP) is 4.16. The first kappa shape index (κ1) is 16.7. The van der Waals surface area contributed by atoms with Gasteiger partial charge in [0.2, 0.25) is 0 Å². The number of aryl methyl sites for hydroxylation is 1. The van der Waals surface area contributed by atoms with E-state index in [4.69, 9.17) is 0 Å². The number of nitrogens with one attached hydrogen (secondary N) is 1. The van der Waals surface area contributed by atoms with Crippen LogP contribution >= 0.6 is 11.8 Å². The van der Waals surface area contributed by atoms with Crippen LogP contribution in [0, 0.1) is 5.82 Å². The van der Waals surface area contributed by atoms with Crippen molar-refractivity contribution in [2.75, 3.05) is 6.26 Å². The molecule has 0 radical (unpaired) electrons. The van der Waals surface area contributed by atoms with Crippen LogP contribution in [0.15, 0.2) is 65.8 Å². The molecule has 0 aliphatic rings. The molecule has 5 heteroatoms. The predicted molar refractivity (Wildman–Crippen MR) is 96.5 cm³/mol. The van der Waals surface area contributed by atoms with Crippen molar-refractivity contribution in [3.8, 4) is 0 Å². The van der Waals surface area contributed by atoms with Gasteiger partial charge in [-0.05, 0) is 41.6 Å². The van der Waals surface area contributed by atoms with Gasteiger partial charge in [-0.2, -0.15) is 0 Å². The highest BCUT2D eigenvalue weighted by Crippen LogP contribution is 2.22. The Kier molecular flexibility index (Phi) is 5.33. The van der Waals surface area contributed by atoms with Crippen molar-refractivity contribution in [3.05, 3.63) is 83.7 Å². The summed E-state index contributed by atoms with van der Waals surface area (Å²) >= 11 is 1.73. The molecular weight excluding hydrogens is 321 g/mol. The summed E-state index contributed by atoms with van der Waals surface area (Å²) in [5, 5.41) is 3.54. The van der Waals surface area contributed by atoms with Gasteiger partial charge in [0.25, 0.3) is 0 Å². The topological polar surface area (TPSA) is 29.9 Å². The van der Waals surface area contributed by atoms with E-state index in [2.05, 4.69) is 40.8 Å². The van der Waals surface area contributed by atoms with Gasteiger partial charge >= 0.3 is 0 Å². The van der Waals surface area contributed by atoms with E-state index >= 15 is 0 Å². The average Bonchev–Trinajstić information content (AvgIpc) is 3.03. The van der Waals surface area contributed by atoms with Crippen LogP contribution in [0.25, 0.3) is 0 Å².